The number of hydrazone groups is 1. The van der Waals surface area contributed by atoms with Crippen molar-refractivity contribution in [3.63, 3.8) is 0 Å². The van der Waals surface area contributed by atoms with Crippen molar-refractivity contribution in [2.45, 2.75) is 0 Å². The fourth-order valence-corrected chi connectivity index (χ4v) is 1.71. The van der Waals surface area contributed by atoms with E-state index in [4.69, 9.17) is 5.73 Å². The lowest BCUT2D eigenvalue weighted by molar-refractivity contribution is 0.447. The number of rotatable bonds is 3. The standard InChI is InChI=1S/C12H11N5O3S/c13-11(21)17-16-8(6-4-2-1-3-5-6)7-9(18)14-12(20)15-10(7)19/h1-5H,(H3,13,17,21)(H3,14,15,18,19,20)/b16-8+. The normalized spacial score (nSPS) is 11.1. The van der Waals surface area contributed by atoms with Crippen molar-refractivity contribution in [1.29, 1.82) is 0 Å². The van der Waals surface area contributed by atoms with Crippen molar-refractivity contribution < 1.29 is 5.11 Å². The second-order valence-corrected chi connectivity index (χ2v) is 4.37. The van der Waals surface area contributed by atoms with Gasteiger partial charge in [-0.2, -0.15) is 5.10 Å². The fourth-order valence-electron chi connectivity index (χ4n) is 1.67. The van der Waals surface area contributed by atoms with Gasteiger partial charge in [0.1, 0.15) is 11.3 Å². The van der Waals surface area contributed by atoms with Gasteiger partial charge in [0.2, 0.25) is 5.88 Å². The molecule has 0 amide bonds. The van der Waals surface area contributed by atoms with Crippen LogP contribution in [0, 0.1) is 0 Å². The molecule has 1 aromatic carbocycles. The number of benzene rings is 1. The van der Waals surface area contributed by atoms with Crippen molar-refractivity contribution in [3.05, 3.63) is 62.3 Å². The van der Waals surface area contributed by atoms with Crippen LogP contribution in [0.5, 0.6) is 5.88 Å². The fraction of sp³-hybridized carbons (Fsp3) is 0. The highest BCUT2D eigenvalue weighted by molar-refractivity contribution is 7.80. The Labute approximate surface area is 123 Å². The summed E-state index contributed by atoms with van der Waals surface area (Å²) < 4.78 is 0. The van der Waals surface area contributed by atoms with Gasteiger partial charge in [0.05, 0.1) is 0 Å². The van der Waals surface area contributed by atoms with E-state index in [0.717, 1.165) is 0 Å². The lowest BCUT2D eigenvalue weighted by Crippen LogP contribution is -2.31. The number of H-pyrrole nitrogens is 2. The molecule has 108 valence electrons. The molecule has 0 saturated carbocycles. The summed E-state index contributed by atoms with van der Waals surface area (Å²) in [4.78, 5) is 27.1. The van der Waals surface area contributed by atoms with Crippen LogP contribution in [0.25, 0.3) is 0 Å². The molecular formula is C12H11N5O3S. The Morgan fingerprint density at radius 3 is 2.48 bits per heavy atom. The first-order valence-corrected chi connectivity index (χ1v) is 6.14. The Bertz CT molecular complexity index is 810. The van der Waals surface area contributed by atoms with E-state index in [1.807, 2.05) is 4.98 Å². The van der Waals surface area contributed by atoms with Crippen LogP contribution in [-0.4, -0.2) is 25.9 Å². The van der Waals surface area contributed by atoms with Crippen molar-refractivity contribution in [3.8, 4) is 5.88 Å². The SMILES string of the molecule is NC(=S)N/N=C(\c1ccccc1)c1c(O)[nH]c(=O)[nH]c1=O. The first-order valence-electron chi connectivity index (χ1n) is 5.73. The van der Waals surface area contributed by atoms with E-state index in [-0.39, 0.29) is 16.4 Å². The van der Waals surface area contributed by atoms with E-state index in [2.05, 4.69) is 27.7 Å². The summed E-state index contributed by atoms with van der Waals surface area (Å²) in [6, 6.07) is 8.57. The smallest absolute Gasteiger partial charge is 0.328 e. The number of nitrogens with two attached hydrogens (primary N) is 1. The molecule has 2 aromatic rings. The zero-order chi connectivity index (χ0) is 15.4. The number of hydrogen-bond donors (Lipinski definition) is 5. The highest BCUT2D eigenvalue weighted by Crippen LogP contribution is 2.13. The third-order valence-electron chi connectivity index (χ3n) is 2.48. The van der Waals surface area contributed by atoms with E-state index >= 15 is 0 Å². The highest BCUT2D eigenvalue weighted by Gasteiger charge is 2.17. The molecule has 0 aliphatic heterocycles. The van der Waals surface area contributed by atoms with Crippen LogP contribution in [0.2, 0.25) is 0 Å². The molecule has 21 heavy (non-hydrogen) atoms. The molecule has 0 radical (unpaired) electrons. The monoisotopic (exact) mass is 305 g/mol. The van der Waals surface area contributed by atoms with Crippen LogP contribution in [-0.2, 0) is 0 Å². The average Bonchev–Trinajstić information content (AvgIpc) is 2.42. The zero-order valence-electron chi connectivity index (χ0n) is 10.6. The van der Waals surface area contributed by atoms with Gasteiger partial charge in [-0.05, 0) is 12.2 Å². The first-order chi connectivity index (χ1) is 9.99. The Morgan fingerprint density at radius 2 is 1.90 bits per heavy atom. The van der Waals surface area contributed by atoms with Gasteiger partial charge in [0.25, 0.3) is 5.56 Å². The summed E-state index contributed by atoms with van der Waals surface area (Å²) >= 11 is 4.65. The van der Waals surface area contributed by atoms with Gasteiger partial charge in [-0.3, -0.25) is 20.2 Å². The summed E-state index contributed by atoms with van der Waals surface area (Å²) in [6.07, 6.45) is 0. The molecule has 1 heterocycles. The van der Waals surface area contributed by atoms with Gasteiger partial charge >= 0.3 is 5.69 Å². The molecular weight excluding hydrogens is 294 g/mol. The first kappa shape index (κ1) is 14.5. The van der Waals surface area contributed by atoms with E-state index < -0.39 is 17.1 Å². The summed E-state index contributed by atoms with van der Waals surface area (Å²) in [7, 11) is 0. The predicted octanol–water partition coefficient (Wildman–Crippen LogP) is -0.646. The van der Waals surface area contributed by atoms with Crippen molar-refractivity contribution >= 4 is 23.0 Å². The molecule has 6 N–H and O–H groups in total. The molecule has 0 unspecified atom stereocenters. The van der Waals surface area contributed by atoms with Crippen LogP contribution in [0.3, 0.4) is 0 Å². The average molecular weight is 305 g/mol. The molecule has 8 nitrogen and oxygen atoms in total. The molecule has 0 bridgehead atoms. The number of nitrogens with one attached hydrogen (secondary N) is 3. The molecule has 0 atom stereocenters. The largest absolute Gasteiger partial charge is 0.494 e. The summed E-state index contributed by atoms with van der Waals surface area (Å²) in [5, 5.41) is 13.6. The van der Waals surface area contributed by atoms with Gasteiger partial charge in [0, 0.05) is 5.56 Å². The second-order valence-electron chi connectivity index (χ2n) is 3.93. The van der Waals surface area contributed by atoms with Gasteiger partial charge in [-0.15, -0.1) is 0 Å². The van der Waals surface area contributed by atoms with Crippen LogP contribution >= 0.6 is 12.2 Å². The summed E-state index contributed by atoms with van der Waals surface area (Å²) in [5.41, 5.74) is 6.45. The second kappa shape index (κ2) is 6.01. The molecule has 0 aliphatic rings. The van der Waals surface area contributed by atoms with E-state index in [0.29, 0.717) is 5.56 Å². The maximum absolute atomic E-state index is 11.9. The minimum absolute atomic E-state index is 0.0819. The third kappa shape index (κ3) is 3.34. The molecule has 0 spiro atoms. The molecule has 1 aromatic heterocycles. The lowest BCUT2D eigenvalue weighted by Gasteiger charge is -2.08. The summed E-state index contributed by atoms with van der Waals surface area (Å²) in [5.74, 6) is -0.601. The third-order valence-corrected chi connectivity index (χ3v) is 2.58. The Kier molecular flexibility index (Phi) is 4.14. The highest BCUT2D eigenvalue weighted by atomic mass is 32.1. The Hall–Kier alpha value is -2.94. The number of aromatic amines is 2. The molecule has 9 heteroatoms. The number of thiocarbonyl (C=S) groups is 1. The van der Waals surface area contributed by atoms with E-state index in [1.54, 1.807) is 30.3 Å². The van der Waals surface area contributed by atoms with Gasteiger partial charge in [-0.1, -0.05) is 30.3 Å². The van der Waals surface area contributed by atoms with Gasteiger partial charge < -0.3 is 10.8 Å². The van der Waals surface area contributed by atoms with E-state index in [1.165, 1.54) is 0 Å². The van der Waals surface area contributed by atoms with Crippen LogP contribution < -0.4 is 22.4 Å². The van der Waals surface area contributed by atoms with Crippen LogP contribution in [0.15, 0.2) is 45.0 Å². The predicted molar refractivity (Wildman–Crippen MR) is 81.4 cm³/mol. The minimum Gasteiger partial charge on any atom is -0.494 e. The summed E-state index contributed by atoms with van der Waals surface area (Å²) in [6.45, 7) is 0. The van der Waals surface area contributed by atoms with Crippen molar-refractivity contribution in [2.75, 3.05) is 0 Å². The molecule has 0 saturated heterocycles. The van der Waals surface area contributed by atoms with Crippen LogP contribution in [0.4, 0.5) is 0 Å². The van der Waals surface area contributed by atoms with Gasteiger partial charge in [-0.25, -0.2) is 4.79 Å². The zero-order valence-corrected chi connectivity index (χ0v) is 11.4. The number of hydrogen-bond acceptors (Lipinski definition) is 5. The maximum atomic E-state index is 11.9. The van der Waals surface area contributed by atoms with Crippen molar-refractivity contribution in [1.82, 2.24) is 15.4 Å². The molecule has 0 fully saturated rings. The number of aromatic hydroxyl groups is 1. The number of aromatic nitrogens is 2. The minimum atomic E-state index is -0.823. The van der Waals surface area contributed by atoms with Crippen molar-refractivity contribution in [2.24, 2.45) is 10.8 Å². The van der Waals surface area contributed by atoms with Crippen LogP contribution in [0.1, 0.15) is 11.1 Å². The Morgan fingerprint density at radius 1 is 1.24 bits per heavy atom. The topological polar surface area (TPSA) is 136 Å². The quantitative estimate of drug-likeness (QED) is 0.290. The maximum Gasteiger partial charge on any atom is 0.328 e. The molecule has 2 rings (SSSR count). The van der Waals surface area contributed by atoms with E-state index in [9.17, 15) is 14.7 Å². The van der Waals surface area contributed by atoms with Gasteiger partial charge in [0.15, 0.2) is 5.11 Å². The molecule has 0 aliphatic carbocycles. The lowest BCUT2D eigenvalue weighted by atomic mass is 10.0. The number of nitrogens with zero attached hydrogens (tertiary/aromatic N) is 1. The Balaban J connectivity index is 2.67.